The van der Waals surface area contributed by atoms with Crippen LogP contribution in [0.5, 0.6) is 0 Å². The Bertz CT molecular complexity index is 175. The highest BCUT2D eigenvalue weighted by Crippen LogP contribution is 2.25. The molecule has 0 fully saturated rings. The van der Waals surface area contributed by atoms with Gasteiger partial charge in [0.25, 0.3) is 0 Å². The van der Waals surface area contributed by atoms with E-state index in [-0.39, 0.29) is 11.5 Å². The highest BCUT2D eigenvalue weighted by molar-refractivity contribution is 4.83. The van der Waals surface area contributed by atoms with Crippen LogP contribution in [-0.2, 0) is 0 Å². The summed E-state index contributed by atoms with van der Waals surface area (Å²) in [7, 11) is 0. The van der Waals surface area contributed by atoms with Gasteiger partial charge in [-0.25, -0.2) is 0 Å². The first-order valence-corrected chi connectivity index (χ1v) is 6.10. The minimum atomic E-state index is -0.246. The lowest BCUT2D eigenvalue weighted by molar-refractivity contribution is 0.0116. The SMILES string of the molecule is CC(C)C(C)NCC(C)(C)C(O)C(C)C. The van der Waals surface area contributed by atoms with Crippen molar-refractivity contribution < 1.29 is 5.11 Å². The summed E-state index contributed by atoms with van der Waals surface area (Å²) < 4.78 is 0. The van der Waals surface area contributed by atoms with Crippen LogP contribution in [0.4, 0.5) is 0 Å². The van der Waals surface area contributed by atoms with Crippen LogP contribution in [0, 0.1) is 17.3 Å². The molecule has 0 aliphatic heterocycles. The quantitative estimate of drug-likeness (QED) is 0.714. The monoisotopic (exact) mass is 215 g/mol. The molecule has 0 saturated carbocycles. The van der Waals surface area contributed by atoms with Crippen molar-refractivity contribution in [2.24, 2.45) is 17.3 Å². The van der Waals surface area contributed by atoms with Gasteiger partial charge in [0.2, 0.25) is 0 Å². The first kappa shape index (κ1) is 14.9. The average molecular weight is 215 g/mol. The topological polar surface area (TPSA) is 32.3 Å². The summed E-state index contributed by atoms with van der Waals surface area (Å²) in [5.41, 5.74) is -0.0582. The van der Waals surface area contributed by atoms with Crippen molar-refractivity contribution in [1.29, 1.82) is 0 Å². The van der Waals surface area contributed by atoms with Crippen LogP contribution < -0.4 is 5.32 Å². The van der Waals surface area contributed by atoms with E-state index in [1.54, 1.807) is 0 Å². The standard InChI is InChI=1S/C13H29NO/c1-9(2)11(5)14-8-13(6,7)12(15)10(3)4/h9-12,14-15H,8H2,1-7H3. The Hall–Kier alpha value is -0.0800. The Morgan fingerprint density at radius 3 is 1.80 bits per heavy atom. The number of aliphatic hydroxyl groups excluding tert-OH is 1. The van der Waals surface area contributed by atoms with Gasteiger partial charge >= 0.3 is 0 Å². The summed E-state index contributed by atoms with van der Waals surface area (Å²) in [6, 6.07) is 0.503. The fourth-order valence-electron chi connectivity index (χ4n) is 1.67. The van der Waals surface area contributed by atoms with E-state index in [1.807, 2.05) is 0 Å². The third kappa shape index (κ3) is 4.98. The van der Waals surface area contributed by atoms with E-state index in [4.69, 9.17) is 0 Å². The summed E-state index contributed by atoms with van der Waals surface area (Å²) >= 11 is 0. The molecule has 0 rings (SSSR count). The van der Waals surface area contributed by atoms with Gasteiger partial charge < -0.3 is 10.4 Å². The van der Waals surface area contributed by atoms with E-state index >= 15 is 0 Å². The van der Waals surface area contributed by atoms with E-state index in [0.717, 1.165) is 6.54 Å². The molecular formula is C13H29NO. The molecule has 0 aromatic carbocycles. The van der Waals surface area contributed by atoms with Gasteiger partial charge in [-0.3, -0.25) is 0 Å². The lowest BCUT2D eigenvalue weighted by Crippen LogP contribution is -2.45. The number of aliphatic hydroxyl groups is 1. The zero-order chi connectivity index (χ0) is 12.2. The van der Waals surface area contributed by atoms with Crippen molar-refractivity contribution in [2.75, 3.05) is 6.54 Å². The summed E-state index contributed by atoms with van der Waals surface area (Å²) in [4.78, 5) is 0. The summed E-state index contributed by atoms with van der Waals surface area (Å²) in [6.45, 7) is 15.9. The molecule has 0 heterocycles. The number of rotatable bonds is 6. The molecule has 92 valence electrons. The van der Waals surface area contributed by atoms with E-state index in [0.29, 0.717) is 17.9 Å². The van der Waals surface area contributed by atoms with Gasteiger partial charge in [-0.15, -0.1) is 0 Å². The molecule has 2 heteroatoms. The Kier molecular flexibility index (Phi) is 5.82. The Balaban J connectivity index is 4.15. The molecule has 2 N–H and O–H groups in total. The van der Waals surface area contributed by atoms with E-state index in [9.17, 15) is 5.11 Å². The summed E-state index contributed by atoms with van der Waals surface area (Å²) in [6.07, 6.45) is -0.246. The van der Waals surface area contributed by atoms with Crippen molar-refractivity contribution >= 4 is 0 Å². The summed E-state index contributed by atoms with van der Waals surface area (Å²) in [5.74, 6) is 0.952. The predicted molar refractivity (Wildman–Crippen MR) is 66.9 cm³/mol. The maximum Gasteiger partial charge on any atom is 0.0626 e. The first-order valence-electron chi connectivity index (χ1n) is 6.10. The Labute approximate surface area is 95.5 Å². The minimum Gasteiger partial charge on any atom is -0.392 e. The lowest BCUT2D eigenvalue weighted by atomic mass is 9.80. The molecule has 0 saturated heterocycles. The fourth-order valence-corrected chi connectivity index (χ4v) is 1.67. The predicted octanol–water partition coefficient (Wildman–Crippen LogP) is 2.66. The molecule has 2 unspecified atom stereocenters. The van der Waals surface area contributed by atoms with Gasteiger partial charge in [-0.05, 0) is 18.8 Å². The van der Waals surface area contributed by atoms with Crippen molar-refractivity contribution in [3.05, 3.63) is 0 Å². The number of hydrogen-bond donors (Lipinski definition) is 2. The molecule has 0 bridgehead atoms. The smallest absolute Gasteiger partial charge is 0.0626 e. The molecule has 0 aliphatic carbocycles. The van der Waals surface area contributed by atoms with Gasteiger partial charge in [-0.1, -0.05) is 41.5 Å². The van der Waals surface area contributed by atoms with Gasteiger partial charge in [0.15, 0.2) is 0 Å². The van der Waals surface area contributed by atoms with Crippen molar-refractivity contribution in [2.45, 2.75) is 60.6 Å². The maximum absolute atomic E-state index is 10.1. The fraction of sp³-hybridized carbons (Fsp3) is 1.00. The van der Waals surface area contributed by atoms with E-state index < -0.39 is 0 Å². The van der Waals surface area contributed by atoms with Gasteiger partial charge in [0.1, 0.15) is 0 Å². The molecule has 0 aromatic heterocycles. The highest BCUT2D eigenvalue weighted by Gasteiger charge is 2.30. The number of nitrogens with one attached hydrogen (secondary N) is 1. The highest BCUT2D eigenvalue weighted by atomic mass is 16.3. The van der Waals surface area contributed by atoms with Crippen LogP contribution in [0.2, 0.25) is 0 Å². The molecule has 0 radical (unpaired) electrons. The molecule has 2 atom stereocenters. The molecule has 0 aliphatic rings. The van der Waals surface area contributed by atoms with E-state index in [2.05, 4.69) is 53.8 Å². The van der Waals surface area contributed by atoms with Crippen molar-refractivity contribution in [1.82, 2.24) is 5.32 Å². The zero-order valence-corrected chi connectivity index (χ0v) is 11.5. The van der Waals surface area contributed by atoms with Crippen LogP contribution in [0.1, 0.15) is 48.5 Å². The largest absolute Gasteiger partial charge is 0.392 e. The Morgan fingerprint density at radius 2 is 1.47 bits per heavy atom. The van der Waals surface area contributed by atoms with Crippen LogP contribution in [0.15, 0.2) is 0 Å². The van der Waals surface area contributed by atoms with Crippen LogP contribution >= 0.6 is 0 Å². The summed E-state index contributed by atoms with van der Waals surface area (Å²) in [5, 5.41) is 13.6. The van der Waals surface area contributed by atoms with Gasteiger partial charge in [0, 0.05) is 18.0 Å². The normalized spacial score (nSPS) is 17.2. The first-order chi connectivity index (χ1) is 6.68. The second-order valence-electron chi connectivity index (χ2n) is 6.09. The van der Waals surface area contributed by atoms with E-state index in [1.165, 1.54) is 0 Å². The molecular weight excluding hydrogens is 186 g/mol. The third-order valence-electron chi connectivity index (χ3n) is 3.31. The molecule has 15 heavy (non-hydrogen) atoms. The average Bonchev–Trinajstić information content (AvgIpc) is 2.12. The second kappa shape index (κ2) is 5.86. The third-order valence-corrected chi connectivity index (χ3v) is 3.31. The molecule has 0 spiro atoms. The maximum atomic E-state index is 10.1. The van der Waals surface area contributed by atoms with Crippen molar-refractivity contribution in [3.63, 3.8) is 0 Å². The lowest BCUT2D eigenvalue weighted by Gasteiger charge is -2.35. The molecule has 2 nitrogen and oxygen atoms in total. The van der Waals surface area contributed by atoms with Crippen LogP contribution in [0.3, 0.4) is 0 Å². The Morgan fingerprint density at radius 1 is 1.00 bits per heavy atom. The zero-order valence-electron chi connectivity index (χ0n) is 11.5. The molecule has 0 aromatic rings. The second-order valence-corrected chi connectivity index (χ2v) is 6.09. The van der Waals surface area contributed by atoms with Crippen molar-refractivity contribution in [3.8, 4) is 0 Å². The number of hydrogen-bond acceptors (Lipinski definition) is 2. The van der Waals surface area contributed by atoms with Crippen LogP contribution in [-0.4, -0.2) is 23.8 Å². The van der Waals surface area contributed by atoms with Gasteiger partial charge in [-0.2, -0.15) is 0 Å². The van der Waals surface area contributed by atoms with Gasteiger partial charge in [0.05, 0.1) is 6.10 Å². The minimum absolute atomic E-state index is 0.0582. The van der Waals surface area contributed by atoms with Crippen LogP contribution in [0.25, 0.3) is 0 Å². The molecule has 0 amide bonds.